The first kappa shape index (κ1) is 21.1. The number of alkyl halides is 2. The fraction of sp³-hybridized carbons (Fsp3) is 0.273. The molecule has 0 radical (unpaired) electrons. The molecular formula is C22H20F3N7O. The number of pyridine rings is 1. The third-order valence-electron chi connectivity index (χ3n) is 5.58. The minimum atomic E-state index is -2.49. The van der Waals surface area contributed by atoms with Gasteiger partial charge >= 0.3 is 0 Å². The first-order valence-electron chi connectivity index (χ1n) is 10.4. The van der Waals surface area contributed by atoms with Crippen molar-refractivity contribution < 1.29 is 18.0 Å². The van der Waals surface area contributed by atoms with Gasteiger partial charge in [-0.25, -0.2) is 18.2 Å². The van der Waals surface area contributed by atoms with E-state index in [1.54, 1.807) is 31.5 Å². The zero-order chi connectivity index (χ0) is 23.1. The van der Waals surface area contributed by atoms with Gasteiger partial charge in [-0.2, -0.15) is 0 Å². The van der Waals surface area contributed by atoms with E-state index >= 15 is 0 Å². The molecule has 1 saturated heterocycles. The predicted molar refractivity (Wildman–Crippen MR) is 117 cm³/mol. The highest BCUT2D eigenvalue weighted by molar-refractivity contribution is 6.13. The van der Waals surface area contributed by atoms with Gasteiger partial charge in [-0.05, 0) is 19.1 Å². The Morgan fingerprint density at radius 3 is 2.79 bits per heavy atom. The second-order valence-corrected chi connectivity index (χ2v) is 7.87. The van der Waals surface area contributed by atoms with Gasteiger partial charge in [0.1, 0.15) is 11.0 Å². The second kappa shape index (κ2) is 8.32. The lowest BCUT2D eigenvalue weighted by molar-refractivity contribution is 0.0958. The molecule has 0 bridgehead atoms. The number of carbonyl (C=O) groups excluding carboxylic acids is 1. The Morgan fingerprint density at radius 2 is 2.00 bits per heavy atom. The first-order valence-corrected chi connectivity index (χ1v) is 10.4. The van der Waals surface area contributed by atoms with Crippen LogP contribution in [0.15, 0.2) is 43.0 Å². The number of nitrogens with zero attached hydrogens (tertiary/aromatic N) is 5. The van der Waals surface area contributed by atoms with Crippen molar-refractivity contribution in [2.24, 2.45) is 0 Å². The SMILES string of the molecule is Cc1cn2cc(NC(=O)c3ccc(N4CCNC(C(F)F)C4)c4nccnc34)cc(F)c2n1. The quantitative estimate of drug-likeness (QED) is 0.492. The number of aromatic nitrogens is 4. The molecule has 1 aliphatic rings. The molecule has 4 aromatic rings. The summed E-state index contributed by atoms with van der Waals surface area (Å²) in [6, 6.07) is 3.51. The van der Waals surface area contributed by atoms with E-state index in [2.05, 4.69) is 25.6 Å². The van der Waals surface area contributed by atoms with Crippen molar-refractivity contribution in [2.75, 3.05) is 29.9 Å². The van der Waals surface area contributed by atoms with Crippen molar-refractivity contribution in [3.8, 4) is 0 Å². The average Bonchev–Trinajstić information content (AvgIpc) is 3.19. The molecule has 1 amide bonds. The van der Waals surface area contributed by atoms with Crippen molar-refractivity contribution in [1.82, 2.24) is 24.7 Å². The fourth-order valence-corrected chi connectivity index (χ4v) is 4.09. The number of rotatable bonds is 4. The van der Waals surface area contributed by atoms with Gasteiger partial charge in [0, 0.05) is 50.5 Å². The van der Waals surface area contributed by atoms with Gasteiger partial charge in [-0.15, -0.1) is 0 Å². The average molecular weight is 455 g/mol. The lowest BCUT2D eigenvalue weighted by atomic mass is 10.1. The van der Waals surface area contributed by atoms with Crippen LogP contribution in [0.25, 0.3) is 16.7 Å². The lowest BCUT2D eigenvalue weighted by Gasteiger charge is -2.35. The number of piperazine rings is 1. The molecule has 2 N–H and O–H groups in total. The maximum absolute atomic E-state index is 14.4. The number of aryl methyl sites for hydroxylation is 1. The van der Waals surface area contributed by atoms with E-state index in [4.69, 9.17) is 0 Å². The number of amides is 1. The molecule has 4 heterocycles. The van der Waals surface area contributed by atoms with E-state index in [1.807, 2.05) is 4.90 Å². The monoisotopic (exact) mass is 455 g/mol. The van der Waals surface area contributed by atoms with Gasteiger partial charge in [-0.3, -0.25) is 14.8 Å². The third-order valence-corrected chi connectivity index (χ3v) is 5.58. The van der Waals surface area contributed by atoms with Crippen LogP contribution in [0.3, 0.4) is 0 Å². The molecule has 5 rings (SSSR count). The molecule has 33 heavy (non-hydrogen) atoms. The summed E-state index contributed by atoms with van der Waals surface area (Å²) < 4.78 is 42.3. The lowest BCUT2D eigenvalue weighted by Crippen LogP contribution is -2.54. The molecule has 1 unspecified atom stereocenters. The summed E-state index contributed by atoms with van der Waals surface area (Å²) in [6.45, 7) is 2.78. The number of carbonyl (C=O) groups is 1. The van der Waals surface area contributed by atoms with Crippen LogP contribution in [0.4, 0.5) is 24.5 Å². The van der Waals surface area contributed by atoms with Crippen LogP contribution >= 0.6 is 0 Å². The summed E-state index contributed by atoms with van der Waals surface area (Å²) in [5, 5.41) is 5.51. The summed E-state index contributed by atoms with van der Waals surface area (Å²) >= 11 is 0. The van der Waals surface area contributed by atoms with E-state index in [0.29, 0.717) is 35.5 Å². The van der Waals surface area contributed by atoms with Crippen molar-refractivity contribution in [2.45, 2.75) is 19.4 Å². The van der Waals surface area contributed by atoms with Crippen LogP contribution in [0.1, 0.15) is 16.1 Å². The normalized spacial score (nSPS) is 16.6. The fourth-order valence-electron chi connectivity index (χ4n) is 4.09. The molecule has 1 atom stereocenters. The zero-order valence-corrected chi connectivity index (χ0v) is 17.6. The zero-order valence-electron chi connectivity index (χ0n) is 17.6. The standard InChI is InChI=1S/C22H20F3N7O/c1-12-9-32-10-13(8-15(23)21(32)29-12)30-22(33)14-2-3-17(19-18(14)27-4-5-28-19)31-7-6-26-16(11-31)20(24)25/h2-5,8-10,16,20,26H,6-7,11H2,1H3,(H,30,33). The maximum Gasteiger partial charge on any atom is 0.257 e. The summed E-state index contributed by atoms with van der Waals surface area (Å²) in [7, 11) is 0. The van der Waals surface area contributed by atoms with Gasteiger partial charge in [-0.1, -0.05) is 0 Å². The molecule has 11 heteroatoms. The molecule has 170 valence electrons. The maximum atomic E-state index is 14.4. The highest BCUT2D eigenvalue weighted by Gasteiger charge is 2.28. The molecule has 1 aliphatic heterocycles. The number of anilines is 2. The highest BCUT2D eigenvalue weighted by Crippen LogP contribution is 2.28. The molecule has 0 saturated carbocycles. The molecule has 0 aliphatic carbocycles. The van der Waals surface area contributed by atoms with Crippen LogP contribution in [0, 0.1) is 12.7 Å². The number of hydrogen-bond donors (Lipinski definition) is 2. The first-order chi connectivity index (χ1) is 15.9. The Hall–Kier alpha value is -3.73. The second-order valence-electron chi connectivity index (χ2n) is 7.87. The van der Waals surface area contributed by atoms with E-state index in [0.717, 1.165) is 0 Å². The van der Waals surface area contributed by atoms with Crippen LogP contribution in [-0.4, -0.2) is 57.4 Å². The van der Waals surface area contributed by atoms with E-state index < -0.39 is 24.2 Å². The van der Waals surface area contributed by atoms with Gasteiger partial charge in [0.05, 0.1) is 28.7 Å². The van der Waals surface area contributed by atoms with Crippen molar-refractivity contribution in [3.63, 3.8) is 0 Å². The minimum absolute atomic E-state index is 0.110. The van der Waals surface area contributed by atoms with Gasteiger partial charge in [0.25, 0.3) is 12.3 Å². The topological polar surface area (TPSA) is 87.5 Å². The van der Waals surface area contributed by atoms with E-state index in [1.165, 1.54) is 22.9 Å². The Bertz CT molecular complexity index is 1360. The largest absolute Gasteiger partial charge is 0.367 e. The van der Waals surface area contributed by atoms with Crippen molar-refractivity contribution in [1.29, 1.82) is 0 Å². The summed E-state index contributed by atoms with van der Waals surface area (Å²) in [6.07, 6.45) is 3.69. The Balaban J connectivity index is 1.48. The molecule has 3 aromatic heterocycles. The Kier molecular flexibility index (Phi) is 5.33. The number of fused-ring (bicyclic) bond motifs is 2. The van der Waals surface area contributed by atoms with Gasteiger partial charge < -0.3 is 19.9 Å². The van der Waals surface area contributed by atoms with Crippen LogP contribution < -0.4 is 15.5 Å². The molecule has 1 fully saturated rings. The van der Waals surface area contributed by atoms with Gasteiger partial charge in [0.15, 0.2) is 11.5 Å². The van der Waals surface area contributed by atoms with E-state index in [-0.39, 0.29) is 23.4 Å². The summed E-state index contributed by atoms with van der Waals surface area (Å²) in [5.74, 6) is -1.05. The van der Waals surface area contributed by atoms with Crippen molar-refractivity contribution >= 4 is 34.0 Å². The number of nitrogens with one attached hydrogen (secondary N) is 2. The number of imidazole rings is 1. The minimum Gasteiger partial charge on any atom is -0.367 e. The Morgan fingerprint density at radius 1 is 1.21 bits per heavy atom. The van der Waals surface area contributed by atoms with Crippen LogP contribution in [-0.2, 0) is 0 Å². The summed E-state index contributed by atoms with van der Waals surface area (Å²) in [5.41, 5.74) is 2.71. The number of benzene rings is 1. The smallest absolute Gasteiger partial charge is 0.257 e. The summed E-state index contributed by atoms with van der Waals surface area (Å²) in [4.78, 5) is 27.7. The van der Waals surface area contributed by atoms with Crippen LogP contribution in [0.5, 0.6) is 0 Å². The van der Waals surface area contributed by atoms with Gasteiger partial charge in [0.2, 0.25) is 0 Å². The molecular weight excluding hydrogens is 435 g/mol. The number of halogens is 3. The van der Waals surface area contributed by atoms with Crippen molar-refractivity contribution in [3.05, 3.63) is 60.1 Å². The van der Waals surface area contributed by atoms with Crippen LogP contribution in [0.2, 0.25) is 0 Å². The third kappa shape index (κ3) is 3.95. The molecule has 0 spiro atoms. The highest BCUT2D eigenvalue weighted by atomic mass is 19.3. The van der Waals surface area contributed by atoms with E-state index in [9.17, 15) is 18.0 Å². The predicted octanol–water partition coefficient (Wildman–Crippen LogP) is 3.02. The molecule has 1 aromatic carbocycles. The number of hydrogen-bond acceptors (Lipinski definition) is 6. The Labute approximate surface area is 186 Å². The molecule has 8 nitrogen and oxygen atoms in total.